The first kappa shape index (κ1) is 34.5. The number of carbonyl (C=O) groups is 2. The highest BCUT2D eigenvalue weighted by Gasteiger charge is 2.35. The van der Waals surface area contributed by atoms with E-state index in [-0.39, 0.29) is 29.5 Å². The summed E-state index contributed by atoms with van der Waals surface area (Å²) in [7, 11) is -4.24. The van der Waals surface area contributed by atoms with E-state index in [1.807, 2.05) is 43.3 Å². The van der Waals surface area contributed by atoms with Crippen LogP contribution in [0.2, 0.25) is 5.02 Å². The third kappa shape index (κ3) is 9.11. The van der Waals surface area contributed by atoms with Crippen LogP contribution in [-0.4, -0.2) is 50.9 Å². The number of para-hydroxylation sites is 2. The number of ether oxygens (including phenoxy) is 1. The Hall–Kier alpha value is -4.34. The Morgan fingerprint density at radius 3 is 2.17 bits per heavy atom. The Balaban J connectivity index is 1.82. The number of benzene rings is 4. The first-order valence-electron chi connectivity index (χ1n) is 15.4. The van der Waals surface area contributed by atoms with Crippen molar-refractivity contribution in [2.75, 3.05) is 24.0 Å². The number of amides is 2. The molecule has 1 unspecified atom stereocenters. The van der Waals surface area contributed by atoms with Crippen LogP contribution in [0.5, 0.6) is 5.75 Å². The Kier molecular flexibility index (Phi) is 12.6. The van der Waals surface area contributed by atoms with E-state index in [1.165, 1.54) is 17.0 Å². The van der Waals surface area contributed by atoms with Gasteiger partial charge in [-0.05, 0) is 60.9 Å². The van der Waals surface area contributed by atoms with E-state index in [0.29, 0.717) is 29.5 Å². The average Bonchev–Trinajstić information content (AvgIpc) is 3.06. The quantitative estimate of drug-likeness (QED) is 0.139. The van der Waals surface area contributed by atoms with Crippen molar-refractivity contribution in [3.05, 3.63) is 125 Å². The molecule has 1 atom stereocenters. The van der Waals surface area contributed by atoms with Crippen molar-refractivity contribution in [1.82, 2.24) is 10.2 Å². The molecule has 242 valence electrons. The molecule has 4 rings (SSSR count). The largest absolute Gasteiger partial charge is 0.492 e. The number of nitrogens with zero attached hydrogens (tertiary/aromatic N) is 2. The molecule has 0 saturated heterocycles. The summed E-state index contributed by atoms with van der Waals surface area (Å²) in [6, 6.07) is 30.2. The molecule has 0 spiro atoms. The molecule has 4 aromatic rings. The third-order valence-electron chi connectivity index (χ3n) is 7.39. The highest BCUT2D eigenvalue weighted by molar-refractivity contribution is 7.92. The number of anilines is 1. The molecule has 0 radical (unpaired) electrons. The van der Waals surface area contributed by atoms with Crippen LogP contribution in [0.4, 0.5) is 5.69 Å². The van der Waals surface area contributed by atoms with Crippen LogP contribution in [0.25, 0.3) is 0 Å². The van der Waals surface area contributed by atoms with Gasteiger partial charge in [0.25, 0.3) is 10.0 Å². The van der Waals surface area contributed by atoms with Crippen LogP contribution in [0.3, 0.4) is 0 Å². The van der Waals surface area contributed by atoms with Crippen molar-refractivity contribution >= 4 is 39.1 Å². The fourth-order valence-electron chi connectivity index (χ4n) is 5.07. The van der Waals surface area contributed by atoms with Gasteiger partial charge in [0.15, 0.2) is 0 Å². The molecule has 4 aromatic carbocycles. The number of nitrogens with one attached hydrogen (secondary N) is 1. The maximum Gasteiger partial charge on any atom is 0.264 e. The average molecular weight is 662 g/mol. The number of halogens is 1. The van der Waals surface area contributed by atoms with Gasteiger partial charge < -0.3 is 15.0 Å². The van der Waals surface area contributed by atoms with Crippen LogP contribution < -0.4 is 14.4 Å². The summed E-state index contributed by atoms with van der Waals surface area (Å²) >= 11 is 6.32. The van der Waals surface area contributed by atoms with Gasteiger partial charge in [0.05, 0.1) is 17.2 Å². The lowest BCUT2D eigenvalue weighted by Crippen LogP contribution is -2.53. The zero-order chi connectivity index (χ0) is 32.9. The second kappa shape index (κ2) is 16.8. The van der Waals surface area contributed by atoms with Crippen molar-refractivity contribution in [3.8, 4) is 5.75 Å². The molecule has 0 saturated carbocycles. The van der Waals surface area contributed by atoms with Gasteiger partial charge in [-0.3, -0.25) is 13.9 Å². The predicted octanol–water partition coefficient (Wildman–Crippen LogP) is 6.49. The second-order valence-corrected chi connectivity index (χ2v) is 13.0. The standard InChI is InChI=1S/C36H40ClN3O5S/c1-3-5-23-38-36(42)33(25-28-15-8-6-9-16-28)39(26-29-17-14-18-30(37)24-29)35(41)27-40(32-21-12-13-22-34(32)45-4-2)46(43,44)31-19-10-7-11-20-31/h6-22,24,33H,3-5,23,25-27H2,1-2H3,(H,38,42). The predicted molar refractivity (Wildman–Crippen MR) is 182 cm³/mol. The summed E-state index contributed by atoms with van der Waals surface area (Å²) in [6.45, 7) is 4.04. The molecule has 46 heavy (non-hydrogen) atoms. The highest BCUT2D eigenvalue weighted by atomic mass is 35.5. The molecule has 0 aromatic heterocycles. The van der Waals surface area contributed by atoms with Crippen molar-refractivity contribution < 1.29 is 22.7 Å². The van der Waals surface area contributed by atoms with E-state index in [4.69, 9.17) is 16.3 Å². The van der Waals surface area contributed by atoms with Gasteiger partial charge in [-0.15, -0.1) is 0 Å². The van der Waals surface area contributed by atoms with Crippen molar-refractivity contribution in [2.45, 2.75) is 50.6 Å². The highest BCUT2D eigenvalue weighted by Crippen LogP contribution is 2.33. The summed E-state index contributed by atoms with van der Waals surface area (Å²) in [6.07, 6.45) is 1.90. The minimum absolute atomic E-state index is 0.0219. The van der Waals surface area contributed by atoms with Crippen molar-refractivity contribution in [3.63, 3.8) is 0 Å². The Morgan fingerprint density at radius 1 is 0.848 bits per heavy atom. The molecule has 0 fully saturated rings. The Morgan fingerprint density at radius 2 is 1.50 bits per heavy atom. The molecule has 0 heterocycles. The van der Waals surface area contributed by atoms with Gasteiger partial charge in [0.1, 0.15) is 18.3 Å². The number of hydrogen-bond acceptors (Lipinski definition) is 5. The van der Waals surface area contributed by atoms with Crippen molar-refractivity contribution in [1.29, 1.82) is 0 Å². The van der Waals surface area contributed by atoms with E-state index < -0.39 is 28.5 Å². The minimum atomic E-state index is -4.24. The van der Waals surface area contributed by atoms with E-state index in [0.717, 1.165) is 22.7 Å². The number of unbranched alkanes of at least 4 members (excludes halogenated alkanes) is 1. The topological polar surface area (TPSA) is 96.0 Å². The first-order valence-corrected chi connectivity index (χ1v) is 17.2. The van der Waals surface area contributed by atoms with Gasteiger partial charge in [-0.1, -0.05) is 97.7 Å². The molecule has 1 N–H and O–H groups in total. The lowest BCUT2D eigenvalue weighted by atomic mass is 10.0. The second-order valence-electron chi connectivity index (χ2n) is 10.7. The maximum atomic E-state index is 14.6. The summed E-state index contributed by atoms with van der Waals surface area (Å²) in [4.78, 5) is 29.9. The molecular formula is C36H40ClN3O5S. The van der Waals surface area contributed by atoms with Crippen LogP contribution in [0, 0.1) is 0 Å². The summed E-state index contributed by atoms with van der Waals surface area (Å²) < 4.78 is 35.3. The molecule has 10 heteroatoms. The first-order chi connectivity index (χ1) is 22.2. The number of sulfonamides is 1. The van der Waals surface area contributed by atoms with Gasteiger partial charge in [0.2, 0.25) is 11.8 Å². The van der Waals surface area contributed by atoms with Gasteiger partial charge >= 0.3 is 0 Å². The summed E-state index contributed by atoms with van der Waals surface area (Å²) in [5.41, 5.74) is 1.78. The minimum Gasteiger partial charge on any atom is -0.492 e. The summed E-state index contributed by atoms with van der Waals surface area (Å²) in [5.74, 6) is -0.561. The van der Waals surface area contributed by atoms with Crippen LogP contribution in [0.1, 0.15) is 37.8 Å². The number of hydrogen-bond donors (Lipinski definition) is 1. The van der Waals surface area contributed by atoms with E-state index in [9.17, 15) is 18.0 Å². The maximum absolute atomic E-state index is 14.6. The fraction of sp³-hybridized carbons (Fsp3) is 0.278. The van der Waals surface area contributed by atoms with Gasteiger partial charge in [0, 0.05) is 24.5 Å². The van der Waals surface area contributed by atoms with Crippen LogP contribution >= 0.6 is 11.6 Å². The van der Waals surface area contributed by atoms with Gasteiger partial charge in [-0.2, -0.15) is 0 Å². The van der Waals surface area contributed by atoms with Gasteiger partial charge in [-0.25, -0.2) is 8.42 Å². The molecule has 2 amide bonds. The monoisotopic (exact) mass is 661 g/mol. The van der Waals surface area contributed by atoms with Crippen LogP contribution in [0.15, 0.2) is 114 Å². The van der Waals surface area contributed by atoms with Crippen molar-refractivity contribution in [2.24, 2.45) is 0 Å². The lowest BCUT2D eigenvalue weighted by Gasteiger charge is -2.34. The van der Waals surface area contributed by atoms with E-state index in [2.05, 4.69) is 5.32 Å². The summed E-state index contributed by atoms with van der Waals surface area (Å²) in [5, 5.41) is 3.47. The number of rotatable bonds is 16. The SMILES string of the molecule is CCCCNC(=O)C(Cc1ccccc1)N(Cc1cccc(Cl)c1)C(=O)CN(c1ccccc1OCC)S(=O)(=O)c1ccccc1. The molecule has 0 bridgehead atoms. The van der Waals surface area contributed by atoms with E-state index >= 15 is 0 Å². The zero-order valence-electron chi connectivity index (χ0n) is 26.1. The molecule has 0 aliphatic carbocycles. The molecule has 0 aliphatic heterocycles. The fourth-order valence-corrected chi connectivity index (χ4v) is 6.72. The van der Waals surface area contributed by atoms with E-state index in [1.54, 1.807) is 67.6 Å². The normalized spacial score (nSPS) is 11.8. The van der Waals surface area contributed by atoms with Crippen LogP contribution in [-0.2, 0) is 32.6 Å². The molecular weight excluding hydrogens is 622 g/mol. The molecule has 0 aliphatic rings. The Bertz CT molecular complexity index is 1690. The Labute approximate surface area is 277 Å². The molecule has 8 nitrogen and oxygen atoms in total. The number of carbonyl (C=O) groups excluding carboxylic acids is 2. The smallest absolute Gasteiger partial charge is 0.264 e. The zero-order valence-corrected chi connectivity index (χ0v) is 27.7. The lowest BCUT2D eigenvalue weighted by molar-refractivity contribution is -0.140. The third-order valence-corrected chi connectivity index (χ3v) is 9.40.